The van der Waals surface area contributed by atoms with Crippen molar-refractivity contribution in [3.63, 3.8) is 0 Å². The van der Waals surface area contributed by atoms with Crippen LogP contribution in [0.15, 0.2) is 0 Å². The number of hydrogen-bond donors (Lipinski definition) is 2. The number of carbonyl (C=O) groups excluding carboxylic acids is 2. The van der Waals surface area contributed by atoms with Crippen LogP contribution in [0.2, 0.25) is 0 Å². The van der Waals surface area contributed by atoms with Gasteiger partial charge in [0.2, 0.25) is 5.91 Å². The lowest BCUT2D eigenvalue weighted by Gasteiger charge is -2.35. The number of hydrogen-bond acceptors (Lipinski definition) is 4. The van der Waals surface area contributed by atoms with Crippen molar-refractivity contribution in [2.75, 3.05) is 45.9 Å². The number of nitrogens with zero attached hydrogens (tertiary/aromatic N) is 2. The van der Waals surface area contributed by atoms with Gasteiger partial charge in [0.05, 0.1) is 11.8 Å². The Kier molecular flexibility index (Phi) is 6.93. The van der Waals surface area contributed by atoms with Crippen LogP contribution in [0.25, 0.3) is 0 Å². The third kappa shape index (κ3) is 5.12. The standard InChI is InChI=1S/C19H31N3O5/c23-17(20-12-16(18(24)25)14-5-10-27-11-6-14)15-4-3-9-22(13-15)19(26)21-7-1-2-8-21/h14-16H,1-13H2,(H,20,23)(H,24,25). The average molecular weight is 381 g/mol. The smallest absolute Gasteiger partial charge is 0.320 e. The minimum atomic E-state index is -0.864. The summed E-state index contributed by atoms with van der Waals surface area (Å²) < 4.78 is 5.31. The summed E-state index contributed by atoms with van der Waals surface area (Å²) in [5.41, 5.74) is 0. The summed E-state index contributed by atoms with van der Waals surface area (Å²) in [7, 11) is 0. The van der Waals surface area contributed by atoms with E-state index in [9.17, 15) is 19.5 Å². The van der Waals surface area contributed by atoms with E-state index in [2.05, 4.69) is 5.32 Å². The van der Waals surface area contributed by atoms with E-state index in [1.807, 2.05) is 4.90 Å². The zero-order valence-corrected chi connectivity index (χ0v) is 15.9. The molecule has 0 aromatic rings. The molecule has 2 N–H and O–H groups in total. The van der Waals surface area contributed by atoms with Crippen molar-refractivity contribution < 1.29 is 24.2 Å². The van der Waals surface area contributed by atoms with E-state index >= 15 is 0 Å². The Morgan fingerprint density at radius 3 is 2.33 bits per heavy atom. The normalized spacial score (nSPS) is 25.3. The van der Waals surface area contributed by atoms with Crippen molar-refractivity contribution in [3.05, 3.63) is 0 Å². The van der Waals surface area contributed by atoms with Crippen LogP contribution in [0.3, 0.4) is 0 Å². The van der Waals surface area contributed by atoms with Gasteiger partial charge in [0, 0.05) is 45.9 Å². The van der Waals surface area contributed by atoms with E-state index in [-0.39, 0.29) is 30.3 Å². The van der Waals surface area contributed by atoms with Gasteiger partial charge in [-0.3, -0.25) is 9.59 Å². The fourth-order valence-electron chi connectivity index (χ4n) is 4.40. The largest absolute Gasteiger partial charge is 0.481 e. The third-order valence-corrected chi connectivity index (χ3v) is 6.09. The molecule has 152 valence electrons. The Morgan fingerprint density at radius 2 is 1.67 bits per heavy atom. The first kappa shape index (κ1) is 19.9. The molecule has 0 spiro atoms. The lowest BCUT2D eigenvalue weighted by atomic mass is 9.85. The van der Waals surface area contributed by atoms with Crippen molar-refractivity contribution in [2.24, 2.45) is 17.8 Å². The maximum absolute atomic E-state index is 12.6. The summed E-state index contributed by atoms with van der Waals surface area (Å²) in [5, 5.41) is 12.4. The van der Waals surface area contributed by atoms with E-state index < -0.39 is 11.9 Å². The molecule has 8 nitrogen and oxygen atoms in total. The van der Waals surface area contributed by atoms with Crippen LogP contribution in [0.4, 0.5) is 4.79 Å². The quantitative estimate of drug-likeness (QED) is 0.744. The molecular formula is C19H31N3O5. The Hall–Kier alpha value is -1.83. The van der Waals surface area contributed by atoms with Crippen LogP contribution in [0.5, 0.6) is 0 Å². The van der Waals surface area contributed by atoms with Crippen molar-refractivity contribution in [3.8, 4) is 0 Å². The van der Waals surface area contributed by atoms with Gasteiger partial charge in [-0.05, 0) is 44.4 Å². The fourth-order valence-corrected chi connectivity index (χ4v) is 4.40. The summed E-state index contributed by atoms with van der Waals surface area (Å²) in [6.07, 6.45) is 5.08. The minimum Gasteiger partial charge on any atom is -0.481 e. The summed E-state index contributed by atoms with van der Waals surface area (Å²) in [5.74, 6) is -1.79. The average Bonchev–Trinajstić information content (AvgIpc) is 3.23. The van der Waals surface area contributed by atoms with Gasteiger partial charge in [-0.1, -0.05) is 0 Å². The minimum absolute atomic E-state index is 0.0376. The topological polar surface area (TPSA) is 99.2 Å². The van der Waals surface area contributed by atoms with Crippen molar-refractivity contribution in [1.29, 1.82) is 0 Å². The Labute approximate surface area is 160 Å². The number of urea groups is 1. The van der Waals surface area contributed by atoms with Crippen molar-refractivity contribution in [1.82, 2.24) is 15.1 Å². The number of aliphatic carboxylic acids is 1. The molecule has 2 atom stereocenters. The number of likely N-dealkylation sites (tertiary alicyclic amines) is 2. The van der Waals surface area contributed by atoms with Crippen molar-refractivity contribution >= 4 is 17.9 Å². The predicted octanol–water partition coefficient (Wildman–Crippen LogP) is 1.16. The Morgan fingerprint density at radius 1 is 1.00 bits per heavy atom. The van der Waals surface area contributed by atoms with Gasteiger partial charge in [-0.15, -0.1) is 0 Å². The highest BCUT2D eigenvalue weighted by molar-refractivity contribution is 5.81. The fraction of sp³-hybridized carbons (Fsp3) is 0.842. The monoisotopic (exact) mass is 381 g/mol. The van der Waals surface area contributed by atoms with E-state index in [4.69, 9.17) is 4.74 Å². The van der Waals surface area contributed by atoms with Crippen LogP contribution in [-0.2, 0) is 14.3 Å². The first-order valence-electron chi connectivity index (χ1n) is 10.2. The number of carboxylic acids is 1. The molecule has 0 aromatic carbocycles. The number of nitrogens with one attached hydrogen (secondary N) is 1. The lowest BCUT2D eigenvalue weighted by molar-refractivity contribution is -0.145. The molecule has 27 heavy (non-hydrogen) atoms. The molecule has 3 heterocycles. The molecule has 0 bridgehead atoms. The first-order valence-corrected chi connectivity index (χ1v) is 10.2. The highest BCUT2D eigenvalue weighted by Crippen LogP contribution is 2.24. The number of piperidine rings is 1. The maximum Gasteiger partial charge on any atom is 0.320 e. The molecular weight excluding hydrogens is 350 g/mol. The molecule has 3 aliphatic heterocycles. The highest BCUT2D eigenvalue weighted by Gasteiger charge is 2.34. The maximum atomic E-state index is 12.6. The predicted molar refractivity (Wildman–Crippen MR) is 98.2 cm³/mol. The van der Waals surface area contributed by atoms with Gasteiger partial charge in [0.15, 0.2) is 0 Å². The molecule has 3 amide bonds. The van der Waals surface area contributed by atoms with Crippen LogP contribution in [-0.4, -0.2) is 78.8 Å². The first-order chi connectivity index (χ1) is 13.1. The second-order valence-corrected chi connectivity index (χ2v) is 7.90. The molecule has 3 aliphatic rings. The number of rotatable bonds is 5. The molecule has 0 radical (unpaired) electrons. The second-order valence-electron chi connectivity index (χ2n) is 7.90. The summed E-state index contributed by atoms with van der Waals surface area (Å²) in [6.45, 7) is 4.04. The van der Waals surface area contributed by atoms with Gasteiger partial charge in [0.1, 0.15) is 0 Å². The number of carboxylic acid groups (broad SMARTS) is 1. The number of ether oxygens (including phenoxy) is 1. The molecule has 0 aromatic heterocycles. The zero-order chi connectivity index (χ0) is 19.2. The molecule has 0 saturated carbocycles. The van der Waals surface area contributed by atoms with Crippen molar-refractivity contribution in [2.45, 2.75) is 38.5 Å². The molecule has 3 saturated heterocycles. The summed E-state index contributed by atoms with van der Waals surface area (Å²) in [4.78, 5) is 40.5. The van der Waals surface area contributed by atoms with Crippen LogP contribution < -0.4 is 5.32 Å². The van der Waals surface area contributed by atoms with Gasteiger partial charge < -0.3 is 25.0 Å². The molecule has 3 rings (SSSR count). The zero-order valence-electron chi connectivity index (χ0n) is 15.9. The van der Waals surface area contributed by atoms with E-state index in [0.29, 0.717) is 39.1 Å². The van der Waals surface area contributed by atoms with E-state index in [1.54, 1.807) is 4.90 Å². The van der Waals surface area contributed by atoms with Gasteiger partial charge in [-0.2, -0.15) is 0 Å². The van der Waals surface area contributed by atoms with Crippen LogP contribution >= 0.6 is 0 Å². The molecule has 3 fully saturated rings. The highest BCUT2D eigenvalue weighted by atomic mass is 16.5. The van der Waals surface area contributed by atoms with Gasteiger partial charge in [0.25, 0.3) is 0 Å². The van der Waals surface area contributed by atoms with Gasteiger partial charge in [-0.25, -0.2) is 4.79 Å². The van der Waals surface area contributed by atoms with Crippen LogP contribution in [0, 0.1) is 17.8 Å². The number of amides is 3. The van der Waals surface area contributed by atoms with Gasteiger partial charge >= 0.3 is 12.0 Å². The van der Waals surface area contributed by atoms with E-state index in [0.717, 1.165) is 38.8 Å². The number of carbonyl (C=O) groups is 3. The van der Waals surface area contributed by atoms with E-state index in [1.165, 1.54) is 0 Å². The Bertz CT molecular complexity index is 543. The summed E-state index contributed by atoms with van der Waals surface area (Å²) in [6, 6.07) is 0.0376. The lowest BCUT2D eigenvalue weighted by Crippen LogP contribution is -2.50. The van der Waals surface area contributed by atoms with Crippen LogP contribution in [0.1, 0.15) is 38.5 Å². The summed E-state index contributed by atoms with van der Waals surface area (Å²) >= 11 is 0. The third-order valence-electron chi connectivity index (χ3n) is 6.09. The molecule has 0 aliphatic carbocycles. The molecule has 8 heteroatoms. The second kappa shape index (κ2) is 9.39. The molecule has 2 unspecified atom stereocenters. The Balaban J connectivity index is 1.50. The SMILES string of the molecule is O=C(NCC(C(=O)O)C1CCOCC1)C1CCCN(C(=O)N2CCCC2)C1.